The van der Waals surface area contributed by atoms with Crippen molar-refractivity contribution in [2.75, 3.05) is 20.2 Å². The molecular weight excluding hydrogens is 236 g/mol. The molecule has 0 saturated carbocycles. The lowest BCUT2D eigenvalue weighted by Crippen LogP contribution is -2.55. The fourth-order valence-electron chi connectivity index (χ4n) is 5.26. The van der Waals surface area contributed by atoms with Crippen LogP contribution in [0.3, 0.4) is 0 Å². The number of piperidine rings is 1. The smallest absolute Gasteiger partial charge is 0.0857 e. The number of hydrogen-bond donors (Lipinski definition) is 0. The average Bonchev–Trinajstić information content (AvgIpc) is 2.76. The van der Waals surface area contributed by atoms with E-state index in [4.69, 9.17) is 4.74 Å². The highest BCUT2D eigenvalue weighted by Crippen LogP contribution is 2.40. The quantitative estimate of drug-likeness (QED) is 0.760. The molecule has 3 nitrogen and oxygen atoms in total. The molecule has 4 heterocycles. The topological polar surface area (TPSA) is 15.7 Å². The molecule has 0 aromatic carbocycles. The SMILES string of the molecule is CC1CC2CCC(C1)N2CC1OCC2CCC1N2C. The number of likely N-dealkylation sites (N-methyl/N-ethyl adjacent to an activating group) is 1. The van der Waals surface area contributed by atoms with E-state index in [9.17, 15) is 0 Å². The molecule has 5 unspecified atom stereocenters. The standard InChI is InChI=1S/C16H28N2O/c1-11-7-12-3-4-13(8-11)18(12)9-16-15-6-5-14(10-19-16)17(15)2/h11-16H,3-10H2,1-2H3. The normalized spacial score (nSPS) is 50.8. The Hall–Kier alpha value is -0.120. The summed E-state index contributed by atoms with van der Waals surface area (Å²) in [4.78, 5) is 5.42. The number of hydrogen-bond acceptors (Lipinski definition) is 3. The summed E-state index contributed by atoms with van der Waals surface area (Å²) in [6, 6.07) is 3.13. The van der Waals surface area contributed by atoms with Crippen LogP contribution in [0.15, 0.2) is 0 Å². The van der Waals surface area contributed by atoms with Crippen molar-refractivity contribution >= 4 is 0 Å². The third-order valence-corrected chi connectivity index (χ3v) is 6.34. The fraction of sp³-hybridized carbons (Fsp3) is 1.00. The van der Waals surface area contributed by atoms with E-state index in [0.717, 1.165) is 24.6 Å². The van der Waals surface area contributed by atoms with E-state index >= 15 is 0 Å². The number of fused-ring (bicyclic) bond motifs is 4. The van der Waals surface area contributed by atoms with Crippen LogP contribution >= 0.6 is 0 Å². The zero-order chi connectivity index (χ0) is 13.0. The predicted molar refractivity (Wildman–Crippen MR) is 76.2 cm³/mol. The lowest BCUT2D eigenvalue weighted by molar-refractivity contribution is -0.0859. The van der Waals surface area contributed by atoms with Gasteiger partial charge >= 0.3 is 0 Å². The summed E-state index contributed by atoms with van der Waals surface area (Å²) < 4.78 is 6.21. The molecule has 0 N–H and O–H groups in total. The maximum absolute atomic E-state index is 6.21. The highest BCUT2D eigenvalue weighted by atomic mass is 16.5. The molecule has 4 fully saturated rings. The van der Waals surface area contributed by atoms with Gasteiger partial charge in [0.05, 0.1) is 12.7 Å². The Morgan fingerprint density at radius 3 is 2.42 bits per heavy atom. The van der Waals surface area contributed by atoms with E-state index in [0.29, 0.717) is 18.2 Å². The minimum Gasteiger partial charge on any atom is -0.374 e. The van der Waals surface area contributed by atoms with Crippen molar-refractivity contribution in [3.8, 4) is 0 Å². The summed E-state index contributed by atoms with van der Waals surface area (Å²) in [5.74, 6) is 0.944. The molecule has 19 heavy (non-hydrogen) atoms. The molecule has 4 aliphatic heterocycles. The van der Waals surface area contributed by atoms with Crippen LogP contribution in [0, 0.1) is 5.92 Å². The first-order chi connectivity index (χ1) is 9.22. The molecule has 0 aliphatic carbocycles. The van der Waals surface area contributed by atoms with Gasteiger partial charge < -0.3 is 4.74 Å². The largest absolute Gasteiger partial charge is 0.374 e. The van der Waals surface area contributed by atoms with Crippen molar-refractivity contribution in [2.24, 2.45) is 5.92 Å². The molecule has 0 amide bonds. The van der Waals surface area contributed by atoms with Crippen molar-refractivity contribution in [1.82, 2.24) is 9.80 Å². The highest BCUT2D eigenvalue weighted by Gasteiger charge is 2.45. The summed E-state index contributed by atoms with van der Waals surface area (Å²) >= 11 is 0. The molecule has 108 valence electrons. The van der Waals surface area contributed by atoms with E-state index in [1.54, 1.807) is 0 Å². The van der Waals surface area contributed by atoms with Crippen LogP contribution in [-0.2, 0) is 4.74 Å². The Morgan fingerprint density at radius 1 is 1.00 bits per heavy atom. The monoisotopic (exact) mass is 264 g/mol. The molecule has 4 aliphatic rings. The van der Waals surface area contributed by atoms with Crippen LogP contribution in [0.4, 0.5) is 0 Å². The lowest BCUT2D eigenvalue weighted by Gasteiger charge is -2.44. The molecule has 0 aromatic rings. The second-order valence-corrected chi connectivity index (χ2v) is 7.49. The van der Waals surface area contributed by atoms with Crippen LogP contribution in [0.5, 0.6) is 0 Å². The van der Waals surface area contributed by atoms with Crippen molar-refractivity contribution in [3.05, 3.63) is 0 Å². The lowest BCUT2D eigenvalue weighted by atomic mass is 9.91. The summed E-state index contributed by atoms with van der Waals surface area (Å²) in [6.45, 7) is 4.61. The summed E-state index contributed by atoms with van der Waals surface area (Å²) in [6.07, 6.45) is 8.89. The first kappa shape index (κ1) is 12.6. The maximum Gasteiger partial charge on any atom is 0.0857 e. The van der Waals surface area contributed by atoms with Crippen LogP contribution in [0.2, 0.25) is 0 Å². The molecule has 0 aromatic heterocycles. The third kappa shape index (κ3) is 2.05. The second kappa shape index (κ2) is 4.71. The van der Waals surface area contributed by atoms with E-state index in [1.165, 1.54) is 45.1 Å². The van der Waals surface area contributed by atoms with E-state index < -0.39 is 0 Å². The van der Waals surface area contributed by atoms with Gasteiger partial charge in [0.25, 0.3) is 0 Å². The van der Waals surface area contributed by atoms with Crippen LogP contribution < -0.4 is 0 Å². The van der Waals surface area contributed by atoms with Crippen molar-refractivity contribution in [1.29, 1.82) is 0 Å². The summed E-state index contributed by atoms with van der Waals surface area (Å²) in [7, 11) is 2.31. The van der Waals surface area contributed by atoms with Crippen molar-refractivity contribution in [2.45, 2.75) is 75.7 Å². The number of ether oxygens (including phenoxy) is 1. The first-order valence-corrected chi connectivity index (χ1v) is 8.31. The van der Waals surface area contributed by atoms with Crippen molar-refractivity contribution < 1.29 is 4.74 Å². The summed E-state index contributed by atoms with van der Waals surface area (Å²) in [5.41, 5.74) is 0. The molecule has 4 bridgehead atoms. The fourth-order valence-corrected chi connectivity index (χ4v) is 5.26. The Bertz CT molecular complexity index is 334. The minimum absolute atomic E-state index is 0.472. The van der Waals surface area contributed by atoms with Gasteiger partial charge in [-0.1, -0.05) is 6.92 Å². The Morgan fingerprint density at radius 2 is 1.68 bits per heavy atom. The van der Waals surface area contributed by atoms with Gasteiger partial charge in [-0.05, 0) is 51.5 Å². The van der Waals surface area contributed by atoms with Gasteiger partial charge in [-0.3, -0.25) is 9.80 Å². The third-order valence-electron chi connectivity index (χ3n) is 6.34. The number of morpholine rings is 1. The highest BCUT2D eigenvalue weighted by molar-refractivity contribution is 5.00. The Balaban J connectivity index is 1.44. The minimum atomic E-state index is 0.472. The average molecular weight is 264 g/mol. The molecule has 4 rings (SSSR count). The van der Waals surface area contributed by atoms with Gasteiger partial charge in [-0.2, -0.15) is 0 Å². The van der Waals surface area contributed by atoms with E-state index in [-0.39, 0.29) is 0 Å². The van der Waals surface area contributed by atoms with Crippen molar-refractivity contribution in [3.63, 3.8) is 0 Å². The number of rotatable bonds is 2. The Kier molecular flexibility index (Phi) is 3.13. The van der Waals surface area contributed by atoms with Gasteiger partial charge in [0, 0.05) is 30.7 Å². The molecule has 5 atom stereocenters. The first-order valence-electron chi connectivity index (χ1n) is 8.31. The van der Waals surface area contributed by atoms with Gasteiger partial charge in [-0.25, -0.2) is 0 Å². The van der Waals surface area contributed by atoms with E-state index in [2.05, 4.69) is 23.8 Å². The van der Waals surface area contributed by atoms with Gasteiger partial charge in [0.2, 0.25) is 0 Å². The Labute approximate surface area is 117 Å². The summed E-state index contributed by atoms with van der Waals surface area (Å²) in [5, 5.41) is 0. The van der Waals surface area contributed by atoms with Gasteiger partial charge in [0.1, 0.15) is 0 Å². The predicted octanol–water partition coefficient (Wildman–Crippen LogP) is 2.11. The molecular formula is C16H28N2O. The molecule has 3 heteroatoms. The molecule has 0 radical (unpaired) electrons. The maximum atomic E-state index is 6.21. The molecule has 0 spiro atoms. The zero-order valence-corrected chi connectivity index (χ0v) is 12.4. The zero-order valence-electron chi connectivity index (χ0n) is 12.4. The van der Waals surface area contributed by atoms with E-state index in [1.807, 2.05) is 0 Å². The van der Waals surface area contributed by atoms with Gasteiger partial charge in [0.15, 0.2) is 0 Å². The van der Waals surface area contributed by atoms with Crippen LogP contribution in [0.1, 0.15) is 45.4 Å². The van der Waals surface area contributed by atoms with Crippen LogP contribution in [0.25, 0.3) is 0 Å². The number of nitrogens with zero attached hydrogens (tertiary/aromatic N) is 2. The van der Waals surface area contributed by atoms with Crippen LogP contribution in [-0.4, -0.2) is 60.3 Å². The van der Waals surface area contributed by atoms with Gasteiger partial charge in [-0.15, -0.1) is 0 Å². The molecule has 4 saturated heterocycles. The second-order valence-electron chi connectivity index (χ2n) is 7.49.